The molecule has 2 atom stereocenters. The summed E-state index contributed by atoms with van der Waals surface area (Å²) in [5, 5.41) is 8.55. The van der Waals surface area contributed by atoms with E-state index in [4.69, 9.17) is 16.7 Å². The second-order valence-corrected chi connectivity index (χ2v) is 9.96. The molecule has 5 heteroatoms. The van der Waals surface area contributed by atoms with E-state index in [2.05, 4.69) is 38.2 Å². The zero-order valence-corrected chi connectivity index (χ0v) is 18.3. The average molecular weight is 420 g/mol. The molecule has 2 aromatic carbocycles. The summed E-state index contributed by atoms with van der Waals surface area (Å²) in [5.74, 6) is 0.797. The minimum atomic E-state index is -0.130. The van der Waals surface area contributed by atoms with E-state index >= 15 is 0 Å². The van der Waals surface area contributed by atoms with Crippen molar-refractivity contribution in [1.29, 1.82) is 0 Å². The molecular formula is C25H26ClN3O. The first-order chi connectivity index (χ1) is 14.3. The number of hydrogen-bond acceptors (Lipinski definition) is 2. The minimum absolute atomic E-state index is 0.0833. The van der Waals surface area contributed by atoms with E-state index < -0.39 is 0 Å². The number of amides is 1. The lowest BCUT2D eigenvalue weighted by atomic mass is 9.87. The Morgan fingerprint density at radius 1 is 1.03 bits per heavy atom. The molecule has 154 valence electrons. The van der Waals surface area contributed by atoms with Crippen LogP contribution in [0.2, 0.25) is 5.02 Å². The summed E-state index contributed by atoms with van der Waals surface area (Å²) >= 11 is 6.07. The van der Waals surface area contributed by atoms with Crippen LogP contribution < -0.4 is 5.32 Å². The number of anilines is 1. The van der Waals surface area contributed by atoms with Crippen LogP contribution in [0.15, 0.2) is 48.5 Å². The fourth-order valence-corrected chi connectivity index (χ4v) is 5.05. The van der Waals surface area contributed by atoms with Gasteiger partial charge < -0.3 is 5.32 Å². The number of aromatic nitrogens is 2. The van der Waals surface area contributed by atoms with E-state index in [1.165, 1.54) is 17.7 Å². The van der Waals surface area contributed by atoms with Gasteiger partial charge in [0.2, 0.25) is 0 Å². The summed E-state index contributed by atoms with van der Waals surface area (Å²) in [6.07, 6.45) is 3.44. The quantitative estimate of drug-likeness (QED) is 0.530. The number of hydrogen-bond donors (Lipinski definition) is 1. The lowest BCUT2D eigenvalue weighted by Crippen LogP contribution is -2.16. The van der Waals surface area contributed by atoms with Crippen LogP contribution >= 0.6 is 11.6 Å². The molecular weight excluding hydrogens is 394 g/mol. The number of benzene rings is 2. The van der Waals surface area contributed by atoms with E-state index in [0.717, 1.165) is 29.8 Å². The van der Waals surface area contributed by atoms with Gasteiger partial charge in [-0.15, -0.1) is 0 Å². The van der Waals surface area contributed by atoms with E-state index in [1.807, 2.05) is 41.1 Å². The minimum Gasteiger partial charge on any atom is -0.321 e. The number of halogens is 1. The lowest BCUT2D eigenvalue weighted by Gasteiger charge is -2.19. The molecule has 3 aromatic rings. The van der Waals surface area contributed by atoms with Crippen LogP contribution in [0.25, 0.3) is 5.69 Å². The zero-order valence-electron chi connectivity index (χ0n) is 17.6. The molecule has 2 bridgehead atoms. The van der Waals surface area contributed by atoms with Crippen LogP contribution in [0, 0.1) is 0 Å². The highest BCUT2D eigenvalue weighted by atomic mass is 35.5. The van der Waals surface area contributed by atoms with E-state index in [9.17, 15) is 4.79 Å². The molecule has 0 aliphatic heterocycles. The van der Waals surface area contributed by atoms with Crippen LogP contribution in [-0.2, 0) is 5.41 Å². The Morgan fingerprint density at radius 2 is 1.70 bits per heavy atom. The standard InChI is InChI=1S/C25H26ClN3O/c1-25(2,3)17-6-10-19(11-7-17)27-24(30)22-21-15-4-5-16(14-15)23(21)29(28-22)20-12-8-18(26)9-13-20/h6-13,15-16H,4-5,14H2,1-3H3,(H,27,30)/t15-,16-/m0/s1. The Morgan fingerprint density at radius 3 is 2.37 bits per heavy atom. The predicted molar refractivity (Wildman–Crippen MR) is 121 cm³/mol. The van der Waals surface area contributed by atoms with Crippen LogP contribution in [-0.4, -0.2) is 15.7 Å². The second kappa shape index (κ2) is 6.98. The van der Waals surface area contributed by atoms with Crippen molar-refractivity contribution in [3.05, 3.63) is 76.1 Å². The Balaban J connectivity index is 1.49. The van der Waals surface area contributed by atoms with Gasteiger partial charge in [0.25, 0.3) is 5.91 Å². The highest BCUT2D eigenvalue weighted by molar-refractivity contribution is 6.30. The van der Waals surface area contributed by atoms with Crippen LogP contribution in [0.3, 0.4) is 0 Å². The predicted octanol–water partition coefficient (Wildman–Crippen LogP) is 6.44. The Hall–Kier alpha value is -2.59. The Bertz CT molecular complexity index is 1110. The second-order valence-electron chi connectivity index (χ2n) is 9.52. The van der Waals surface area contributed by atoms with Gasteiger partial charge in [-0.2, -0.15) is 5.10 Å². The third-order valence-corrected chi connectivity index (χ3v) is 6.73. The molecule has 2 aliphatic rings. The molecule has 0 unspecified atom stereocenters. The van der Waals surface area contributed by atoms with Gasteiger partial charge in [0.15, 0.2) is 5.69 Å². The fraction of sp³-hybridized carbons (Fsp3) is 0.360. The van der Waals surface area contributed by atoms with E-state index in [0.29, 0.717) is 22.6 Å². The molecule has 1 saturated carbocycles. The largest absolute Gasteiger partial charge is 0.321 e. The van der Waals surface area contributed by atoms with Crippen molar-refractivity contribution in [2.45, 2.75) is 57.3 Å². The van der Waals surface area contributed by atoms with Crippen molar-refractivity contribution in [3.63, 3.8) is 0 Å². The number of fused-ring (bicyclic) bond motifs is 5. The van der Waals surface area contributed by atoms with E-state index in [-0.39, 0.29) is 11.3 Å². The highest BCUT2D eigenvalue weighted by Crippen LogP contribution is 2.54. The molecule has 0 radical (unpaired) electrons. The van der Waals surface area contributed by atoms with Crippen molar-refractivity contribution < 1.29 is 4.79 Å². The SMILES string of the molecule is CC(C)(C)c1ccc(NC(=O)c2nn(-c3ccc(Cl)cc3)c3c2[C@H]2CC[C@H]3C2)cc1. The molecule has 4 nitrogen and oxygen atoms in total. The zero-order chi connectivity index (χ0) is 21.0. The number of carbonyl (C=O) groups is 1. The third kappa shape index (κ3) is 3.24. The van der Waals surface area contributed by atoms with E-state index in [1.54, 1.807) is 0 Å². The van der Waals surface area contributed by atoms with Crippen LogP contribution in [0.5, 0.6) is 0 Å². The van der Waals surface area contributed by atoms with Gasteiger partial charge in [0.1, 0.15) is 0 Å². The summed E-state index contributed by atoms with van der Waals surface area (Å²) in [6.45, 7) is 6.55. The monoisotopic (exact) mass is 419 g/mol. The maximum absolute atomic E-state index is 13.2. The fourth-order valence-electron chi connectivity index (χ4n) is 4.92. The molecule has 1 aromatic heterocycles. The van der Waals surface area contributed by atoms with Gasteiger partial charge >= 0.3 is 0 Å². The number of rotatable bonds is 3. The normalized spacial score (nSPS) is 19.7. The summed E-state index contributed by atoms with van der Waals surface area (Å²) < 4.78 is 1.97. The molecule has 1 fully saturated rings. The maximum atomic E-state index is 13.2. The molecule has 5 rings (SSSR count). The molecule has 2 aliphatic carbocycles. The highest BCUT2D eigenvalue weighted by Gasteiger charge is 2.44. The molecule has 0 saturated heterocycles. The van der Waals surface area contributed by atoms with Gasteiger partial charge in [-0.25, -0.2) is 4.68 Å². The lowest BCUT2D eigenvalue weighted by molar-refractivity contribution is 0.102. The first-order valence-corrected chi connectivity index (χ1v) is 11.0. The molecule has 1 amide bonds. The van der Waals surface area contributed by atoms with Gasteiger partial charge in [0.05, 0.1) is 11.4 Å². The van der Waals surface area contributed by atoms with Gasteiger partial charge in [0, 0.05) is 22.2 Å². The number of carbonyl (C=O) groups excluding carboxylic acids is 1. The topological polar surface area (TPSA) is 46.9 Å². The molecule has 1 heterocycles. The molecule has 30 heavy (non-hydrogen) atoms. The average Bonchev–Trinajstić information content (AvgIpc) is 3.41. The van der Waals surface area contributed by atoms with Crippen molar-refractivity contribution in [1.82, 2.24) is 9.78 Å². The van der Waals surface area contributed by atoms with Gasteiger partial charge in [-0.3, -0.25) is 4.79 Å². The smallest absolute Gasteiger partial charge is 0.276 e. The molecule has 0 spiro atoms. The number of nitrogens with zero attached hydrogens (tertiary/aromatic N) is 2. The number of nitrogens with one attached hydrogen (secondary N) is 1. The van der Waals surface area contributed by atoms with Crippen molar-refractivity contribution in [2.75, 3.05) is 5.32 Å². The first kappa shape index (κ1) is 19.4. The van der Waals surface area contributed by atoms with Crippen LogP contribution in [0.1, 0.15) is 79.2 Å². The Kier molecular flexibility index (Phi) is 4.51. The van der Waals surface area contributed by atoms with Gasteiger partial charge in [-0.1, -0.05) is 44.5 Å². The van der Waals surface area contributed by atoms with Crippen molar-refractivity contribution >= 4 is 23.2 Å². The summed E-state index contributed by atoms with van der Waals surface area (Å²) in [7, 11) is 0. The Labute approximate surface area is 182 Å². The van der Waals surface area contributed by atoms with Gasteiger partial charge in [-0.05, 0) is 72.6 Å². The van der Waals surface area contributed by atoms with Crippen molar-refractivity contribution in [3.8, 4) is 5.69 Å². The summed E-state index contributed by atoms with van der Waals surface area (Å²) in [4.78, 5) is 13.2. The first-order valence-electron chi connectivity index (χ1n) is 10.6. The summed E-state index contributed by atoms with van der Waals surface area (Å²) in [6, 6.07) is 15.8. The van der Waals surface area contributed by atoms with Crippen LogP contribution in [0.4, 0.5) is 5.69 Å². The summed E-state index contributed by atoms with van der Waals surface area (Å²) in [5.41, 5.74) is 5.99. The third-order valence-electron chi connectivity index (χ3n) is 6.48. The maximum Gasteiger partial charge on any atom is 0.276 e. The molecule has 1 N–H and O–H groups in total. The van der Waals surface area contributed by atoms with Crippen molar-refractivity contribution in [2.24, 2.45) is 0 Å².